The minimum absolute atomic E-state index is 0.893. The van der Waals surface area contributed by atoms with Gasteiger partial charge in [-0.3, -0.25) is 9.55 Å². The summed E-state index contributed by atoms with van der Waals surface area (Å²) in [5.41, 5.74) is 15.1. The van der Waals surface area contributed by atoms with Crippen molar-refractivity contribution in [2.45, 2.75) is 0 Å². The van der Waals surface area contributed by atoms with E-state index in [4.69, 9.17) is 9.97 Å². The lowest BCUT2D eigenvalue weighted by atomic mass is 10.0. The molecule has 0 aliphatic heterocycles. The zero-order valence-electron chi connectivity index (χ0n) is 29.1. The summed E-state index contributed by atoms with van der Waals surface area (Å²) in [4.78, 5) is 9.94. The molecule has 7 aromatic carbocycles. The van der Waals surface area contributed by atoms with Gasteiger partial charge in [-0.2, -0.15) is 0 Å². The van der Waals surface area contributed by atoms with E-state index < -0.39 is 0 Å². The van der Waals surface area contributed by atoms with Crippen LogP contribution in [0.2, 0.25) is 0 Å². The number of hydrogen-bond donors (Lipinski definition) is 0. The topological polar surface area (TPSA) is 35.6 Å². The van der Waals surface area contributed by atoms with Crippen LogP contribution in [0.5, 0.6) is 0 Å². The molecule has 4 nitrogen and oxygen atoms in total. The smallest absolute Gasteiger partial charge is 0.138 e. The molecular weight excluding hydrogens is 657 g/mol. The number of benzene rings is 7. The standard InChI is InChI=1S/C50H30N4/c1-2-10-31(11-3-1)33-13-8-14-36(26-33)53-44-18-6-4-15-37(44)40-27-34(20-22-46(40)53)35-21-23-47-41(28-35)38-16-5-7-19-45(38)54(47)48-29-42-43(30-52-48)39-17-9-12-32-24-25-51-50(42)49(32)39/h1-30H. The van der Waals surface area contributed by atoms with Crippen LogP contribution < -0.4 is 0 Å². The molecule has 11 aromatic rings. The molecule has 0 N–H and O–H groups in total. The third kappa shape index (κ3) is 4.13. The van der Waals surface area contributed by atoms with E-state index in [1.165, 1.54) is 71.2 Å². The lowest BCUT2D eigenvalue weighted by molar-refractivity contribution is 1.08. The largest absolute Gasteiger partial charge is 0.309 e. The molecule has 0 saturated carbocycles. The molecule has 0 atom stereocenters. The molecule has 0 spiro atoms. The SMILES string of the molecule is c1ccc(-c2cccc(-n3c4ccccc4c4cc(-c5ccc6c(c5)c5ccccc5n6-c5cc6c(cn5)-c5cccc7ccnc-6c57)ccc43)c2)cc1. The molecule has 4 aromatic heterocycles. The number of nitrogens with zero attached hydrogens (tertiary/aromatic N) is 4. The Morgan fingerprint density at radius 1 is 0.370 bits per heavy atom. The minimum Gasteiger partial charge on any atom is -0.309 e. The predicted molar refractivity (Wildman–Crippen MR) is 224 cm³/mol. The molecular formula is C50H30N4. The molecule has 4 heteroatoms. The van der Waals surface area contributed by atoms with Crippen molar-refractivity contribution in [3.05, 3.63) is 182 Å². The summed E-state index contributed by atoms with van der Waals surface area (Å²) in [6, 6.07) is 61.4. The van der Waals surface area contributed by atoms with Crippen LogP contribution in [0.15, 0.2) is 182 Å². The van der Waals surface area contributed by atoms with Gasteiger partial charge in [0.05, 0.1) is 27.8 Å². The Balaban J connectivity index is 1.01. The molecule has 250 valence electrons. The Morgan fingerprint density at radius 3 is 1.78 bits per heavy atom. The molecule has 54 heavy (non-hydrogen) atoms. The fourth-order valence-electron chi connectivity index (χ4n) is 8.92. The van der Waals surface area contributed by atoms with Crippen molar-refractivity contribution in [3.63, 3.8) is 0 Å². The van der Waals surface area contributed by atoms with Crippen molar-refractivity contribution in [2.24, 2.45) is 0 Å². The second-order valence-electron chi connectivity index (χ2n) is 14.2. The Hall–Kier alpha value is -7.30. The van der Waals surface area contributed by atoms with E-state index in [1.807, 2.05) is 12.4 Å². The monoisotopic (exact) mass is 686 g/mol. The molecule has 0 unspecified atom stereocenters. The maximum absolute atomic E-state index is 5.09. The van der Waals surface area contributed by atoms with E-state index in [-0.39, 0.29) is 0 Å². The van der Waals surface area contributed by atoms with Crippen molar-refractivity contribution >= 4 is 54.4 Å². The number of hydrogen-bond acceptors (Lipinski definition) is 2. The molecule has 1 aliphatic carbocycles. The first-order chi connectivity index (χ1) is 26.8. The normalized spacial score (nSPS) is 12.1. The highest BCUT2D eigenvalue weighted by molar-refractivity contribution is 6.15. The van der Waals surface area contributed by atoms with Crippen LogP contribution in [-0.2, 0) is 0 Å². The van der Waals surface area contributed by atoms with Crippen molar-refractivity contribution in [2.75, 3.05) is 0 Å². The van der Waals surface area contributed by atoms with Crippen LogP contribution in [0.25, 0.3) is 111 Å². The fraction of sp³-hybridized carbons (Fsp3) is 0. The van der Waals surface area contributed by atoms with Gasteiger partial charge >= 0.3 is 0 Å². The maximum atomic E-state index is 5.09. The summed E-state index contributed by atoms with van der Waals surface area (Å²) in [6.07, 6.45) is 3.94. The molecule has 12 rings (SSSR count). The van der Waals surface area contributed by atoms with E-state index in [0.29, 0.717) is 0 Å². The Bertz CT molecular complexity index is 3330. The third-order valence-electron chi connectivity index (χ3n) is 11.3. The lowest BCUT2D eigenvalue weighted by Gasteiger charge is -2.11. The zero-order valence-corrected chi connectivity index (χ0v) is 29.1. The van der Waals surface area contributed by atoms with Crippen LogP contribution in [-0.4, -0.2) is 19.1 Å². The van der Waals surface area contributed by atoms with Crippen molar-refractivity contribution in [3.8, 4) is 56.1 Å². The molecule has 0 amide bonds. The predicted octanol–water partition coefficient (Wildman–Crippen LogP) is 12.8. The summed E-state index contributed by atoms with van der Waals surface area (Å²) in [5, 5.41) is 7.31. The first-order valence-corrected chi connectivity index (χ1v) is 18.4. The van der Waals surface area contributed by atoms with Gasteiger partial charge in [-0.25, -0.2) is 4.98 Å². The van der Waals surface area contributed by atoms with Crippen molar-refractivity contribution < 1.29 is 0 Å². The third-order valence-corrected chi connectivity index (χ3v) is 11.3. The summed E-state index contributed by atoms with van der Waals surface area (Å²) < 4.78 is 4.70. The summed E-state index contributed by atoms with van der Waals surface area (Å²) in [7, 11) is 0. The van der Waals surface area contributed by atoms with Crippen LogP contribution in [0.3, 0.4) is 0 Å². The zero-order chi connectivity index (χ0) is 35.3. The Kier molecular flexibility index (Phi) is 6.02. The van der Waals surface area contributed by atoms with Gasteiger partial charge in [0.1, 0.15) is 5.82 Å². The molecule has 0 saturated heterocycles. The van der Waals surface area contributed by atoms with Crippen LogP contribution >= 0.6 is 0 Å². The van der Waals surface area contributed by atoms with Crippen LogP contribution in [0.4, 0.5) is 0 Å². The highest BCUT2D eigenvalue weighted by atomic mass is 15.1. The second-order valence-corrected chi connectivity index (χ2v) is 14.2. The minimum atomic E-state index is 0.893. The lowest BCUT2D eigenvalue weighted by Crippen LogP contribution is -1.98. The quantitative estimate of drug-likeness (QED) is 0.185. The van der Waals surface area contributed by atoms with Gasteiger partial charge in [-0.1, -0.05) is 109 Å². The van der Waals surface area contributed by atoms with E-state index in [0.717, 1.165) is 39.4 Å². The molecule has 0 fully saturated rings. The van der Waals surface area contributed by atoms with Crippen LogP contribution in [0.1, 0.15) is 0 Å². The van der Waals surface area contributed by atoms with E-state index >= 15 is 0 Å². The van der Waals surface area contributed by atoms with Crippen LogP contribution in [0, 0.1) is 0 Å². The molecule has 0 radical (unpaired) electrons. The van der Waals surface area contributed by atoms with Gasteiger partial charge < -0.3 is 4.57 Å². The van der Waals surface area contributed by atoms with Gasteiger partial charge in [0.25, 0.3) is 0 Å². The van der Waals surface area contributed by atoms with E-state index in [1.54, 1.807) is 0 Å². The van der Waals surface area contributed by atoms with Gasteiger partial charge in [-0.15, -0.1) is 0 Å². The maximum Gasteiger partial charge on any atom is 0.138 e. The fourth-order valence-corrected chi connectivity index (χ4v) is 8.92. The highest BCUT2D eigenvalue weighted by Gasteiger charge is 2.24. The van der Waals surface area contributed by atoms with E-state index in [2.05, 4.69) is 179 Å². The number of fused-ring (bicyclic) bond motifs is 9. The Morgan fingerprint density at radius 2 is 1.00 bits per heavy atom. The van der Waals surface area contributed by atoms with Gasteiger partial charge in [0.2, 0.25) is 0 Å². The van der Waals surface area contributed by atoms with Gasteiger partial charge in [0.15, 0.2) is 0 Å². The number of rotatable bonds is 4. The first-order valence-electron chi connectivity index (χ1n) is 18.4. The van der Waals surface area contributed by atoms with Crippen molar-refractivity contribution in [1.82, 2.24) is 19.1 Å². The summed E-state index contributed by atoms with van der Waals surface area (Å²) in [6.45, 7) is 0. The van der Waals surface area contributed by atoms with Gasteiger partial charge in [-0.05, 0) is 93.9 Å². The molecule has 4 heterocycles. The average Bonchev–Trinajstić information content (AvgIpc) is 3.87. The van der Waals surface area contributed by atoms with Gasteiger partial charge in [0, 0.05) is 56.1 Å². The summed E-state index contributed by atoms with van der Waals surface area (Å²) >= 11 is 0. The Labute approximate surface area is 310 Å². The van der Waals surface area contributed by atoms with Crippen molar-refractivity contribution in [1.29, 1.82) is 0 Å². The highest BCUT2D eigenvalue weighted by Crippen LogP contribution is 2.47. The number of para-hydroxylation sites is 2. The average molecular weight is 687 g/mol. The molecule has 1 aliphatic rings. The molecule has 0 bridgehead atoms. The summed E-state index contributed by atoms with van der Waals surface area (Å²) in [5.74, 6) is 0.893. The van der Waals surface area contributed by atoms with E-state index in [9.17, 15) is 0 Å². The number of aromatic nitrogens is 4. The number of pyridine rings is 2. The first kappa shape index (κ1) is 29.3. The second kappa shape index (κ2) is 11.1.